The Balaban J connectivity index is 0.000000752. The van der Waals surface area contributed by atoms with Gasteiger partial charge < -0.3 is 35.5 Å². The predicted molar refractivity (Wildman–Crippen MR) is 189 cm³/mol. The molecule has 5 heterocycles. The molecule has 1 aromatic heterocycles. The van der Waals surface area contributed by atoms with E-state index in [1.54, 1.807) is 6.20 Å². The first-order valence-electron chi connectivity index (χ1n) is 16.1. The molecule has 0 amide bonds. The quantitative estimate of drug-likeness (QED) is 0.210. The molecule has 2 aromatic rings. The van der Waals surface area contributed by atoms with Crippen molar-refractivity contribution < 1.29 is 44.6 Å². The van der Waals surface area contributed by atoms with Gasteiger partial charge in [-0.3, -0.25) is 0 Å². The summed E-state index contributed by atoms with van der Waals surface area (Å²) >= 11 is 1.22. The summed E-state index contributed by atoms with van der Waals surface area (Å²) in [6, 6.07) is 1.32. The van der Waals surface area contributed by atoms with Crippen LogP contribution in [0.1, 0.15) is 102 Å². The Hall–Kier alpha value is -2.11. The third kappa shape index (κ3) is 9.32. The molecule has 11 heteroatoms. The number of hydrogen-bond donors (Lipinski definition) is 2. The van der Waals surface area contributed by atoms with Crippen molar-refractivity contribution in [3.63, 3.8) is 0 Å². The van der Waals surface area contributed by atoms with Crippen molar-refractivity contribution in [3.8, 4) is 6.07 Å². The number of dihydropyridines is 1. The molecule has 3 N–H and O–H groups in total. The smallest absolute Gasteiger partial charge is 0.400 e. The second-order valence-electron chi connectivity index (χ2n) is 11.5. The van der Waals surface area contributed by atoms with E-state index < -0.39 is 17.7 Å². The molecule has 0 radical (unpaired) electrons. The van der Waals surface area contributed by atoms with Crippen LogP contribution >= 0.6 is 11.8 Å². The number of nitrogens with zero attached hydrogens (tertiary/aromatic N) is 4. The van der Waals surface area contributed by atoms with E-state index in [0.29, 0.717) is 56.9 Å². The Bertz CT molecular complexity index is 1480. The number of hydrogen-bond acceptors (Lipinski definition) is 8. The molecular weight excluding hydrogens is 841 g/mol. The van der Waals surface area contributed by atoms with Gasteiger partial charge in [-0.15, -0.1) is 11.8 Å². The molecule has 47 heavy (non-hydrogen) atoms. The van der Waals surface area contributed by atoms with Crippen LogP contribution in [0.2, 0.25) is 0 Å². The number of nitrogens with two attached hydrogens (primary N) is 1. The van der Waals surface area contributed by atoms with Gasteiger partial charge in [0.2, 0.25) is 5.95 Å². The minimum Gasteiger partial charge on any atom is -0.400 e. The number of aromatic nitrogens is 2. The molecule has 2 atom stereocenters. The van der Waals surface area contributed by atoms with Gasteiger partial charge in [-0.2, -0.15) is 5.26 Å². The number of anilines is 1. The predicted octanol–water partition coefficient (Wildman–Crippen LogP) is 9.13. The number of allylic oxidation sites excluding steroid dienone is 1. The van der Waals surface area contributed by atoms with E-state index in [1.165, 1.54) is 56.5 Å². The first-order valence-corrected chi connectivity index (χ1v) is 17.1. The van der Waals surface area contributed by atoms with Crippen molar-refractivity contribution in [3.05, 3.63) is 77.3 Å². The van der Waals surface area contributed by atoms with Crippen LogP contribution in [0.4, 0.5) is 14.7 Å². The molecule has 1 saturated heterocycles. The number of rotatable bonds is 7. The Morgan fingerprint density at radius 1 is 1.11 bits per heavy atom. The van der Waals surface area contributed by atoms with Crippen LogP contribution in [0.3, 0.4) is 0 Å². The first kappa shape index (κ1) is 42.9. The van der Waals surface area contributed by atoms with E-state index >= 15 is 4.39 Å². The van der Waals surface area contributed by atoms with Crippen molar-refractivity contribution in [2.45, 2.75) is 98.8 Å². The summed E-state index contributed by atoms with van der Waals surface area (Å²) in [5, 5.41) is 13.4. The summed E-state index contributed by atoms with van der Waals surface area (Å²) in [5.74, 6) is 0.331. The number of benzene rings is 1. The number of halogens is 2. The van der Waals surface area contributed by atoms with Crippen molar-refractivity contribution in [1.82, 2.24) is 15.3 Å². The fourth-order valence-electron chi connectivity index (χ4n) is 6.08. The zero-order chi connectivity index (χ0) is 31.8. The van der Waals surface area contributed by atoms with Crippen LogP contribution in [0, 0.1) is 69.0 Å². The van der Waals surface area contributed by atoms with Gasteiger partial charge in [-0.1, -0.05) is 73.1 Å². The Morgan fingerprint density at radius 2 is 1.77 bits per heavy atom. The molecule has 1 fully saturated rings. The first-order chi connectivity index (χ1) is 21.4. The summed E-state index contributed by atoms with van der Waals surface area (Å²) in [6.07, 6.45) is 12.4. The zero-order valence-electron chi connectivity index (χ0n) is 29.2. The van der Waals surface area contributed by atoms with E-state index in [-0.39, 0.29) is 63.7 Å². The standard InChI is InChI=1S/C24H22F2N6OS.C8H18.C2H6.2CH3.U/c1-11-2-3-32(7-11)24-30-5-13-14-8-33-9-15(14)18(20(26)21(13)31-24)22-19-12(4-27)17(28)10-34-23(19)16(25)6-29-22;1-3-5-7-8-6-4-2;1-2;;;/h5-6,11,22,29H,2-3,7-10,28H2,1H3;3-8H2,1-2H3;1-2H3;2*1H3;/q;;;2*-1;+2. The summed E-state index contributed by atoms with van der Waals surface area (Å²) in [4.78, 5) is 11.6. The van der Waals surface area contributed by atoms with Gasteiger partial charge >= 0.3 is 31.1 Å². The molecular formula is C36H52F2N6OSU. The summed E-state index contributed by atoms with van der Waals surface area (Å²) in [6.45, 7) is 12.9. The fourth-order valence-corrected chi connectivity index (χ4v) is 7.10. The third-order valence-electron chi connectivity index (χ3n) is 8.38. The maximum atomic E-state index is 16.4. The van der Waals surface area contributed by atoms with Crippen LogP contribution in [-0.2, 0) is 18.0 Å². The van der Waals surface area contributed by atoms with Crippen molar-refractivity contribution in [2.24, 2.45) is 11.7 Å². The molecule has 4 aliphatic heterocycles. The largest absolute Gasteiger partial charge is 2.00 e. The maximum absolute atomic E-state index is 16.4. The van der Waals surface area contributed by atoms with Gasteiger partial charge in [0.1, 0.15) is 11.6 Å². The number of fused-ring (bicyclic) bond motifs is 3. The van der Waals surface area contributed by atoms with E-state index in [0.717, 1.165) is 25.1 Å². The number of nitriles is 1. The van der Waals surface area contributed by atoms with Gasteiger partial charge in [0.25, 0.3) is 0 Å². The molecule has 1 aromatic carbocycles. The van der Waals surface area contributed by atoms with Crippen LogP contribution in [0.15, 0.2) is 40.0 Å². The average Bonchev–Trinajstić information content (AvgIpc) is 3.71. The van der Waals surface area contributed by atoms with E-state index in [1.807, 2.05) is 13.8 Å². The number of ether oxygens (including phenoxy) is 1. The second kappa shape index (κ2) is 20.4. The number of thioether (sulfide) groups is 1. The molecule has 0 bridgehead atoms. The molecule has 7 nitrogen and oxygen atoms in total. The Morgan fingerprint density at radius 3 is 2.36 bits per heavy atom. The Kier molecular flexibility index (Phi) is 18.6. The number of nitrogens with one attached hydrogen (secondary N) is 1. The SMILES string of the molecule is CC.CC1CCN(c2ncc3c4c(c(C5NC=C(F)C6=C5C(C#N)=C(N)CS6)c(F)c3n2)COC4)C1.CCCCCCCC.[CH3-].[CH3-].[U+2]. The van der Waals surface area contributed by atoms with Crippen molar-refractivity contribution in [2.75, 3.05) is 23.7 Å². The fraction of sp³-hybridized carbons (Fsp3) is 0.528. The average molecular weight is 893 g/mol. The molecule has 256 valence electrons. The Labute approximate surface area is 309 Å². The summed E-state index contributed by atoms with van der Waals surface area (Å²) in [5.41, 5.74) is 9.06. The van der Waals surface area contributed by atoms with E-state index in [2.05, 4.69) is 47.0 Å². The third-order valence-corrected chi connectivity index (χ3v) is 9.54. The van der Waals surface area contributed by atoms with Gasteiger partial charge in [0.05, 0.1) is 29.7 Å². The van der Waals surface area contributed by atoms with Gasteiger partial charge in [-0.25, -0.2) is 18.7 Å². The van der Waals surface area contributed by atoms with Gasteiger partial charge in [0, 0.05) is 53.5 Å². The van der Waals surface area contributed by atoms with Gasteiger partial charge in [0.15, 0.2) is 11.6 Å². The molecule has 4 aliphatic rings. The van der Waals surface area contributed by atoms with Crippen molar-refractivity contribution in [1.29, 1.82) is 5.26 Å². The van der Waals surface area contributed by atoms with Crippen LogP contribution in [0.5, 0.6) is 0 Å². The monoisotopic (exact) mass is 892 g/mol. The summed E-state index contributed by atoms with van der Waals surface area (Å²) in [7, 11) is 0. The molecule has 6 rings (SSSR count). The topological polar surface area (TPSA) is 100 Å². The minimum absolute atomic E-state index is 0. The molecule has 0 aliphatic carbocycles. The molecule has 2 unspecified atom stereocenters. The minimum atomic E-state index is -0.791. The van der Waals surface area contributed by atoms with Crippen molar-refractivity contribution >= 4 is 28.6 Å². The summed E-state index contributed by atoms with van der Waals surface area (Å²) < 4.78 is 36.8. The zero-order valence-corrected chi connectivity index (χ0v) is 34.2. The normalized spacial score (nSPS) is 19.3. The van der Waals surface area contributed by atoms with E-state index in [9.17, 15) is 9.65 Å². The van der Waals surface area contributed by atoms with Crippen LogP contribution < -0.4 is 16.0 Å². The van der Waals surface area contributed by atoms with E-state index in [4.69, 9.17) is 10.5 Å². The molecule has 0 saturated carbocycles. The van der Waals surface area contributed by atoms with Gasteiger partial charge in [-0.05, 0) is 23.5 Å². The maximum Gasteiger partial charge on any atom is 2.00 e. The van der Waals surface area contributed by atoms with Crippen LogP contribution in [0.25, 0.3) is 10.9 Å². The second-order valence-corrected chi connectivity index (χ2v) is 12.5. The molecule has 0 spiro atoms. The van der Waals surface area contributed by atoms with Crippen LogP contribution in [-0.4, -0.2) is 28.8 Å². The number of unbranched alkanes of at least 4 members (excludes halogenated alkanes) is 5.